The molecule has 0 heterocycles. The molecule has 3 N–H and O–H groups in total. The zero-order valence-electron chi connectivity index (χ0n) is 11.5. The van der Waals surface area contributed by atoms with Crippen LogP contribution in [0.25, 0.3) is 0 Å². The van der Waals surface area contributed by atoms with Gasteiger partial charge in [-0.3, -0.25) is 0 Å². The molecule has 1 aromatic rings. The van der Waals surface area contributed by atoms with Gasteiger partial charge in [-0.2, -0.15) is 0 Å². The van der Waals surface area contributed by atoms with Crippen molar-refractivity contribution < 1.29 is 8.42 Å². The average molecular weight is 270 g/mol. The Kier molecular flexibility index (Phi) is 4.76. The molecule has 102 valence electrons. The van der Waals surface area contributed by atoms with Gasteiger partial charge in [0.2, 0.25) is 10.0 Å². The molecule has 5 heteroatoms. The maximum atomic E-state index is 12.2. The summed E-state index contributed by atoms with van der Waals surface area (Å²) >= 11 is 0. The van der Waals surface area contributed by atoms with E-state index in [1.165, 1.54) is 0 Å². The Morgan fingerprint density at radius 2 is 1.83 bits per heavy atom. The number of nitrogens with two attached hydrogens (primary N) is 1. The number of benzene rings is 1. The van der Waals surface area contributed by atoms with E-state index in [0.717, 1.165) is 24.0 Å². The Labute approximate surface area is 110 Å². The molecule has 0 atom stereocenters. The van der Waals surface area contributed by atoms with Crippen molar-refractivity contribution in [1.29, 1.82) is 0 Å². The number of hydrogen-bond donors (Lipinski definition) is 2. The maximum absolute atomic E-state index is 12.2. The largest absolute Gasteiger partial charge is 0.398 e. The van der Waals surface area contributed by atoms with E-state index >= 15 is 0 Å². The highest BCUT2D eigenvalue weighted by Gasteiger charge is 2.21. The van der Waals surface area contributed by atoms with Gasteiger partial charge in [-0.15, -0.1) is 0 Å². The molecule has 0 aliphatic rings. The molecule has 0 saturated carbocycles. The van der Waals surface area contributed by atoms with Crippen molar-refractivity contribution in [2.75, 3.05) is 12.3 Å². The zero-order chi connectivity index (χ0) is 13.9. The van der Waals surface area contributed by atoms with Gasteiger partial charge in [0.1, 0.15) is 0 Å². The van der Waals surface area contributed by atoms with Crippen molar-refractivity contribution in [3.63, 3.8) is 0 Å². The topological polar surface area (TPSA) is 72.2 Å². The van der Waals surface area contributed by atoms with Crippen molar-refractivity contribution >= 4 is 15.7 Å². The van der Waals surface area contributed by atoms with Gasteiger partial charge in [-0.25, -0.2) is 13.1 Å². The number of aryl methyl sites for hydroxylation is 2. The van der Waals surface area contributed by atoms with E-state index in [0.29, 0.717) is 22.7 Å². The molecule has 0 radical (unpaired) electrons. The molecule has 0 spiro atoms. The summed E-state index contributed by atoms with van der Waals surface area (Å²) in [5.41, 5.74) is 8.75. The Morgan fingerprint density at radius 3 is 2.39 bits per heavy atom. The summed E-state index contributed by atoms with van der Waals surface area (Å²) < 4.78 is 27.1. The van der Waals surface area contributed by atoms with E-state index in [1.54, 1.807) is 13.8 Å². The Morgan fingerprint density at radius 1 is 1.22 bits per heavy atom. The molecule has 18 heavy (non-hydrogen) atoms. The van der Waals surface area contributed by atoms with Crippen LogP contribution in [0.3, 0.4) is 0 Å². The van der Waals surface area contributed by atoms with E-state index in [-0.39, 0.29) is 0 Å². The lowest BCUT2D eigenvalue weighted by atomic mass is 10.1. The fraction of sp³-hybridized carbons (Fsp3) is 0.538. The number of unbranched alkanes of at least 4 members (excludes halogenated alkanes) is 1. The molecule has 0 saturated heterocycles. The second-order valence-electron chi connectivity index (χ2n) is 4.63. The first kappa shape index (κ1) is 15.0. The molecule has 0 amide bonds. The molecular formula is C13H22N2O2S. The summed E-state index contributed by atoms with van der Waals surface area (Å²) in [6.45, 7) is 7.92. The van der Waals surface area contributed by atoms with Crippen molar-refractivity contribution in [3.8, 4) is 0 Å². The number of nitrogen functional groups attached to an aromatic ring is 1. The molecule has 1 rings (SSSR count). The molecule has 4 nitrogen and oxygen atoms in total. The summed E-state index contributed by atoms with van der Waals surface area (Å²) in [6, 6.07) is 1.82. The zero-order valence-corrected chi connectivity index (χ0v) is 12.3. The second kappa shape index (κ2) is 5.71. The third-order valence-corrected chi connectivity index (χ3v) is 4.80. The summed E-state index contributed by atoms with van der Waals surface area (Å²) in [6.07, 6.45) is 1.79. The van der Waals surface area contributed by atoms with Crippen LogP contribution in [0.2, 0.25) is 0 Å². The number of sulfonamides is 1. The van der Waals surface area contributed by atoms with Gasteiger partial charge < -0.3 is 5.73 Å². The van der Waals surface area contributed by atoms with Gasteiger partial charge in [-0.05, 0) is 43.9 Å². The molecule has 0 aliphatic heterocycles. The highest BCUT2D eigenvalue weighted by atomic mass is 32.2. The summed E-state index contributed by atoms with van der Waals surface area (Å²) in [4.78, 5) is 0.321. The molecule has 1 aromatic carbocycles. The quantitative estimate of drug-likeness (QED) is 0.637. The van der Waals surface area contributed by atoms with Gasteiger partial charge in [0, 0.05) is 12.2 Å². The first-order valence-corrected chi connectivity index (χ1v) is 7.65. The van der Waals surface area contributed by atoms with Crippen LogP contribution in [0.15, 0.2) is 11.0 Å². The van der Waals surface area contributed by atoms with Crippen molar-refractivity contribution in [3.05, 3.63) is 22.8 Å². The van der Waals surface area contributed by atoms with E-state index in [9.17, 15) is 8.42 Å². The lowest BCUT2D eigenvalue weighted by Gasteiger charge is -2.15. The van der Waals surface area contributed by atoms with E-state index < -0.39 is 10.0 Å². The fourth-order valence-electron chi connectivity index (χ4n) is 2.05. The van der Waals surface area contributed by atoms with Gasteiger partial charge >= 0.3 is 0 Å². The number of nitrogens with one attached hydrogen (secondary N) is 1. The van der Waals surface area contributed by atoms with Gasteiger partial charge in [0.05, 0.1) is 4.90 Å². The lowest BCUT2D eigenvalue weighted by Crippen LogP contribution is -2.26. The van der Waals surface area contributed by atoms with Crippen LogP contribution in [0.1, 0.15) is 36.5 Å². The van der Waals surface area contributed by atoms with Crippen LogP contribution >= 0.6 is 0 Å². The normalized spacial score (nSPS) is 11.8. The monoisotopic (exact) mass is 270 g/mol. The van der Waals surface area contributed by atoms with Crippen LogP contribution in [0, 0.1) is 20.8 Å². The minimum Gasteiger partial charge on any atom is -0.398 e. The van der Waals surface area contributed by atoms with Gasteiger partial charge in [-0.1, -0.05) is 19.4 Å². The number of hydrogen-bond acceptors (Lipinski definition) is 3. The Bertz CT molecular complexity index is 536. The third-order valence-electron chi connectivity index (χ3n) is 3.05. The summed E-state index contributed by atoms with van der Waals surface area (Å²) in [7, 11) is -3.46. The van der Waals surface area contributed by atoms with Gasteiger partial charge in [0.15, 0.2) is 0 Å². The Balaban J connectivity index is 3.21. The Hall–Kier alpha value is -1.07. The van der Waals surface area contributed by atoms with E-state index in [1.807, 2.05) is 19.9 Å². The highest BCUT2D eigenvalue weighted by Crippen LogP contribution is 2.27. The van der Waals surface area contributed by atoms with Crippen molar-refractivity contribution in [2.24, 2.45) is 0 Å². The van der Waals surface area contributed by atoms with Crippen molar-refractivity contribution in [2.45, 2.75) is 45.4 Å². The highest BCUT2D eigenvalue weighted by molar-refractivity contribution is 7.89. The smallest absolute Gasteiger partial charge is 0.241 e. The SMILES string of the molecule is CCCCNS(=O)(=O)c1c(C)cc(C)c(N)c1C. The predicted molar refractivity (Wildman–Crippen MR) is 75.2 cm³/mol. The van der Waals surface area contributed by atoms with E-state index in [4.69, 9.17) is 5.73 Å². The summed E-state index contributed by atoms with van der Waals surface area (Å²) in [5, 5.41) is 0. The third kappa shape index (κ3) is 3.03. The molecule has 0 aliphatic carbocycles. The first-order valence-electron chi connectivity index (χ1n) is 6.17. The van der Waals surface area contributed by atoms with Crippen LogP contribution in [-0.2, 0) is 10.0 Å². The first-order chi connectivity index (χ1) is 8.31. The van der Waals surface area contributed by atoms with Crippen LogP contribution in [-0.4, -0.2) is 15.0 Å². The minimum absolute atomic E-state index is 0.321. The number of rotatable bonds is 5. The minimum atomic E-state index is -3.46. The molecule has 0 bridgehead atoms. The second-order valence-corrected chi connectivity index (χ2v) is 6.33. The maximum Gasteiger partial charge on any atom is 0.241 e. The molecular weight excluding hydrogens is 248 g/mol. The number of anilines is 1. The average Bonchev–Trinajstić information content (AvgIpc) is 2.25. The van der Waals surface area contributed by atoms with Gasteiger partial charge in [0.25, 0.3) is 0 Å². The standard InChI is InChI=1S/C13H22N2O2S/c1-5-6-7-15-18(16,17)13-10(3)8-9(2)12(14)11(13)4/h8,15H,5-7,14H2,1-4H3. The lowest BCUT2D eigenvalue weighted by molar-refractivity contribution is 0.577. The van der Waals surface area contributed by atoms with E-state index in [2.05, 4.69) is 4.72 Å². The molecule has 0 aromatic heterocycles. The van der Waals surface area contributed by atoms with Crippen LogP contribution < -0.4 is 10.5 Å². The van der Waals surface area contributed by atoms with Crippen molar-refractivity contribution in [1.82, 2.24) is 4.72 Å². The fourth-order valence-corrected chi connectivity index (χ4v) is 3.60. The summed E-state index contributed by atoms with van der Waals surface area (Å²) in [5.74, 6) is 0. The molecule has 0 unspecified atom stereocenters. The molecule has 0 fully saturated rings. The predicted octanol–water partition coefficient (Wildman–Crippen LogP) is 2.27. The van der Waals surface area contributed by atoms with Crippen LogP contribution in [0.5, 0.6) is 0 Å². The van der Waals surface area contributed by atoms with Crippen LogP contribution in [0.4, 0.5) is 5.69 Å².